The fraction of sp³-hybridized carbons (Fsp3) is 0.667. The van der Waals surface area contributed by atoms with E-state index in [1.165, 1.54) is 19.3 Å². The predicted octanol–water partition coefficient (Wildman–Crippen LogP) is 3.34. The van der Waals surface area contributed by atoms with Crippen molar-refractivity contribution >= 4 is 5.97 Å². The average molecular weight is 234 g/mol. The number of ether oxygens (including phenoxy) is 1. The number of rotatable bonds is 5. The number of esters is 1. The lowest BCUT2D eigenvalue weighted by Gasteiger charge is -2.25. The van der Waals surface area contributed by atoms with Crippen molar-refractivity contribution in [2.24, 2.45) is 23.7 Å². The fourth-order valence-corrected chi connectivity index (χ4v) is 3.37. The second-order valence-electron chi connectivity index (χ2n) is 5.09. The van der Waals surface area contributed by atoms with Crippen molar-refractivity contribution in [2.45, 2.75) is 33.1 Å². The highest BCUT2D eigenvalue weighted by atomic mass is 16.5. The van der Waals surface area contributed by atoms with Crippen LogP contribution in [0.5, 0.6) is 0 Å². The predicted molar refractivity (Wildman–Crippen MR) is 68.4 cm³/mol. The largest absolute Gasteiger partial charge is 0.463 e. The van der Waals surface area contributed by atoms with Crippen molar-refractivity contribution in [3.63, 3.8) is 0 Å². The average Bonchev–Trinajstić information content (AvgIpc) is 2.88. The van der Waals surface area contributed by atoms with E-state index < -0.39 is 0 Å². The molecule has 0 spiro atoms. The third kappa shape index (κ3) is 2.62. The number of hydrogen-bond donors (Lipinski definition) is 0. The van der Waals surface area contributed by atoms with E-state index in [2.05, 4.69) is 25.2 Å². The number of carbonyl (C=O) groups excluding carboxylic acids is 1. The van der Waals surface area contributed by atoms with E-state index in [0.29, 0.717) is 18.4 Å². The maximum absolute atomic E-state index is 11.3. The van der Waals surface area contributed by atoms with Gasteiger partial charge in [-0.25, -0.2) is 4.79 Å². The molecule has 2 nitrogen and oxygen atoms in total. The van der Waals surface area contributed by atoms with Gasteiger partial charge in [0.15, 0.2) is 0 Å². The summed E-state index contributed by atoms with van der Waals surface area (Å²) in [6.07, 6.45) is 12.2. The molecule has 1 fully saturated rings. The van der Waals surface area contributed by atoms with Gasteiger partial charge in [0, 0.05) is 6.08 Å². The summed E-state index contributed by atoms with van der Waals surface area (Å²) >= 11 is 0. The quantitative estimate of drug-likeness (QED) is 0.414. The molecule has 2 heteroatoms. The Balaban J connectivity index is 1.99. The summed E-state index contributed by atoms with van der Waals surface area (Å²) in [5.74, 6) is 2.49. The van der Waals surface area contributed by atoms with Gasteiger partial charge in [0.1, 0.15) is 0 Å². The van der Waals surface area contributed by atoms with Crippen molar-refractivity contribution in [2.75, 3.05) is 6.61 Å². The van der Waals surface area contributed by atoms with Gasteiger partial charge >= 0.3 is 5.97 Å². The zero-order chi connectivity index (χ0) is 12.3. The molecule has 0 aromatic carbocycles. The van der Waals surface area contributed by atoms with E-state index in [9.17, 15) is 4.79 Å². The SMILES string of the molecule is CCCC1C2C=CC(C2)C1C=CC(=O)OCC. The Morgan fingerprint density at radius 3 is 2.82 bits per heavy atom. The van der Waals surface area contributed by atoms with Crippen LogP contribution in [0.3, 0.4) is 0 Å². The number of allylic oxidation sites excluding steroid dienone is 3. The van der Waals surface area contributed by atoms with Gasteiger partial charge in [-0.05, 0) is 43.4 Å². The molecule has 2 rings (SSSR count). The van der Waals surface area contributed by atoms with Crippen molar-refractivity contribution in [1.29, 1.82) is 0 Å². The minimum atomic E-state index is -0.200. The summed E-state index contributed by atoms with van der Waals surface area (Å²) in [4.78, 5) is 11.3. The molecule has 4 unspecified atom stereocenters. The van der Waals surface area contributed by atoms with Gasteiger partial charge in [-0.1, -0.05) is 31.6 Å². The van der Waals surface area contributed by atoms with E-state index in [1.54, 1.807) is 6.08 Å². The van der Waals surface area contributed by atoms with Crippen LogP contribution in [0.1, 0.15) is 33.1 Å². The summed E-state index contributed by atoms with van der Waals surface area (Å²) in [6.45, 7) is 4.53. The van der Waals surface area contributed by atoms with Crippen molar-refractivity contribution in [3.05, 3.63) is 24.3 Å². The van der Waals surface area contributed by atoms with Gasteiger partial charge in [0.25, 0.3) is 0 Å². The lowest BCUT2D eigenvalue weighted by molar-refractivity contribution is -0.137. The summed E-state index contributed by atoms with van der Waals surface area (Å²) < 4.78 is 4.93. The van der Waals surface area contributed by atoms with E-state index in [4.69, 9.17) is 4.74 Å². The second kappa shape index (κ2) is 5.52. The van der Waals surface area contributed by atoms with Crippen LogP contribution >= 0.6 is 0 Å². The maximum Gasteiger partial charge on any atom is 0.330 e. The first-order valence-electron chi connectivity index (χ1n) is 6.79. The molecule has 1 saturated carbocycles. The first-order valence-corrected chi connectivity index (χ1v) is 6.79. The zero-order valence-electron chi connectivity index (χ0n) is 10.8. The molecule has 0 aromatic rings. The molecular weight excluding hydrogens is 212 g/mol. The highest BCUT2D eigenvalue weighted by molar-refractivity contribution is 5.81. The van der Waals surface area contributed by atoms with Crippen LogP contribution in [0.25, 0.3) is 0 Å². The van der Waals surface area contributed by atoms with Crippen LogP contribution < -0.4 is 0 Å². The summed E-state index contributed by atoms with van der Waals surface area (Å²) in [5, 5.41) is 0. The van der Waals surface area contributed by atoms with E-state index in [0.717, 1.165) is 11.8 Å². The molecule has 0 radical (unpaired) electrons. The minimum Gasteiger partial charge on any atom is -0.463 e. The Bertz CT molecular complexity index is 330. The van der Waals surface area contributed by atoms with Crippen LogP contribution in [0.2, 0.25) is 0 Å². The zero-order valence-corrected chi connectivity index (χ0v) is 10.8. The molecule has 0 amide bonds. The van der Waals surface area contributed by atoms with Crippen molar-refractivity contribution in [3.8, 4) is 0 Å². The Kier molecular flexibility index (Phi) is 4.03. The second-order valence-corrected chi connectivity index (χ2v) is 5.09. The van der Waals surface area contributed by atoms with Crippen LogP contribution in [0, 0.1) is 23.7 Å². The molecule has 2 aliphatic carbocycles. The number of carbonyl (C=O) groups is 1. The molecule has 4 atom stereocenters. The summed E-state index contributed by atoms with van der Waals surface area (Å²) in [6, 6.07) is 0. The molecule has 0 heterocycles. The summed E-state index contributed by atoms with van der Waals surface area (Å²) in [5.41, 5.74) is 0. The van der Waals surface area contributed by atoms with E-state index >= 15 is 0 Å². The van der Waals surface area contributed by atoms with Crippen molar-refractivity contribution < 1.29 is 9.53 Å². The molecule has 0 saturated heterocycles. The van der Waals surface area contributed by atoms with Crippen LogP contribution in [-0.2, 0) is 9.53 Å². The molecule has 17 heavy (non-hydrogen) atoms. The molecule has 2 bridgehead atoms. The molecular formula is C15H22O2. The van der Waals surface area contributed by atoms with Gasteiger partial charge in [0.2, 0.25) is 0 Å². The molecule has 94 valence electrons. The molecule has 0 N–H and O–H groups in total. The van der Waals surface area contributed by atoms with Crippen molar-refractivity contribution in [1.82, 2.24) is 0 Å². The van der Waals surface area contributed by atoms with Gasteiger partial charge in [0.05, 0.1) is 6.61 Å². The molecule has 0 aromatic heterocycles. The van der Waals surface area contributed by atoms with E-state index in [1.807, 2.05) is 6.92 Å². The van der Waals surface area contributed by atoms with Crippen LogP contribution in [0.15, 0.2) is 24.3 Å². The first kappa shape index (κ1) is 12.4. The lowest BCUT2D eigenvalue weighted by Crippen LogP contribution is -2.18. The topological polar surface area (TPSA) is 26.3 Å². The standard InChI is InChI=1S/C15H22O2/c1-3-5-13-11-6-7-12(10-11)14(13)8-9-15(16)17-4-2/h6-9,11-14H,3-5,10H2,1-2H3. The monoisotopic (exact) mass is 234 g/mol. The fourth-order valence-electron chi connectivity index (χ4n) is 3.37. The highest BCUT2D eigenvalue weighted by Gasteiger charge is 2.42. The maximum atomic E-state index is 11.3. The number of hydrogen-bond acceptors (Lipinski definition) is 2. The minimum absolute atomic E-state index is 0.200. The Labute approximate surface area is 104 Å². The normalized spacial score (nSPS) is 34.7. The Hall–Kier alpha value is -1.05. The van der Waals surface area contributed by atoms with E-state index in [-0.39, 0.29) is 5.97 Å². The molecule has 0 aliphatic heterocycles. The molecule has 2 aliphatic rings. The smallest absolute Gasteiger partial charge is 0.330 e. The highest BCUT2D eigenvalue weighted by Crippen LogP contribution is 2.50. The Morgan fingerprint density at radius 1 is 1.35 bits per heavy atom. The van der Waals surface area contributed by atoms with Gasteiger partial charge in [-0.2, -0.15) is 0 Å². The lowest BCUT2D eigenvalue weighted by atomic mass is 9.80. The van der Waals surface area contributed by atoms with Gasteiger partial charge in [-0.15, -0.1) is 0 Å². The van der Waals surface area contributed by atoms with Crippen LogP contribution in [0.4, 0.5) is 0 Å². The van der Waals surface area contributed by atoms with Gasteiger partial charge < -0.3 is 4.74 Å². The third-order valence-corrected chi connectivity index (χ3v) is 4.05. The Morgan fingerprint density at radius 2 is 2.12 bits per heavy atom. The first-order chi connectivity index (χ1) is 8.26. The van der Waals surface area contributed by atoms with Gasteiger partial charge in [-0.3, -0.25) is 0 Å². The number of fused-ring (bicyclic) bond motifs is 2. The third-order valence-electron chi connectivity index (χ3n) is 4.05. The summed E-state index contributed by atoms with van der Waals surface area (Å²) in [7, 11) is 0. The van der Waals surface area contributed by atoms with Crippen LogP contribution in [-0.4, -0.2) is 12.6 Å².